The van der Waals surface area contributed by atoms with Gasteiger partial charge < -0.3 is 10.1 Å². The molecule has 3 heteroatoms. The van der Waals surface area contributed by atoms with E-state index in [1.165, 1.54) is 5.56 Å². The minimum absolute atomic E-state index is 0.166. The Balaban J connectivity index is 2.00. The van der Waals surface area contributed by atoms with Gasteiger partial charge in [-0.15, -0.1) is 0 Å². The Hall–Kier alpha value is -2.13. The summed E-state index contributed by atoms with van der Waals surface area (Å²) in [4.78, 5) is 11.8. The minimum atomic E-state index is -0.269. The van der Waals surface area contributed by atoms with Gasteiger partial charge in [0.2, 0.25) is 0 Å². The Labute approximate surface area is 126 Å². The lowest BCUT2D eigenvalue weighted by molar-refractivity contribution is 0.0526. The lowest BCUT2D eigenvalue weighted by atomic mass is 10.0. The lowest BCUT2D eigenvalue weighted by Crippen LogP contribution is -2.18. The molecule has 2 aromatic carbocycles. The van der Waals surface area contributed by atoms with Crippen molar-refractivity contribution in [3.8, 4) is 0 Å². The van der Waals surface area contributed by atoms with E-state index in [0.29, 0.717) is 12.2 Å². The third-order valence-corrected chi connectivity index (χ3v) is 3.35. The Morgan fingerprint density at radius 3 is 2.62 bits per heavy atom. The molecule has 21 heavy (non-hydrogen) atoms. The van der Waals surface area contributed by atoms with Gasteiger partial charge in [0.1, 0.15) is 0 Å². The molecule has 0 unspecified atom stereocenters. The van der Waals surface area contributed by atoms with Gasteiger partial charge in [-0.25, -0.2) is 4.79 Å². The van der Waals surface area contributed by atoms with Crippen molar-refractivity contribution < 1.29 is 9.53 Å². The summed E-state index contributed by atoms with van der Waals surface area (Å²) in [7, 11) is 0. The fraction of sp³-hybridized carbons (Fsp3) is 0.278. The first kappa shape index (κ1) is 15.3. The number of nitrogens with one attached hydrogen (secondary N) is 1. The van der Waals surface area contributed by atoms with Gasteiger partial charge in [-0.3, -0.25) is 0 Å². The molecule has 0 bridgehead atoms. The highest BCUT2D eigenvalue weighted by Crippen LogP contribution is 2.15. The Bertz CT molecular complexity index is 581. The first-order chi connectivity index (χ1) is 10.2. The SMILES string of the molecule is CCOC(=O)c1cccc([C@H](C)NCc2ccccc2)c1. The predicted octanol–water partition coefficient (Wildman–Crippen LogP) is 3.71. The third-order valence-electron chi connectivity index (χ3n) is 3.35. The predicted molar refractivity (Wildman–Crippen MR) is 84.1 cm³/mol. The molecule has 0 amide bonds. The van der Waals surface area contributed by atoms with Crippen LogP contribution in [0, 0.1) is 0 Å². The van der Waals surface area contributed by atoms with E-state index >= 15 is 0 Å². The van der Waals surface area contributed by atoms with Crippen LogP contribution in [0.3, 0.4) is 0 Å². The molecule has 1 N–H and O–H groups in total. The molecule has 0 spiro atoms. The van der Waals surface area contributed by atoms with Crippen molar-refractivity contribution in [2.75, 3.05) is 6.61 Å². The van der Waals surface area contributed by atoms with Crippen LogP contribution < -0.4 is 5.32 Å². The van der Waals surface area contributed by atoms with Crippen molar-refractivity contribution in [3.63, 3.8) is 0 Å². The van der Waals surface area contributed by atoms with Crippen LogP contribution in [-0.4, -0.2) is 12.6 Å². The number of hydrogen-bond acceptors (Lipinski definition) is 3. The molecule has 0 aliphatic heterocycles. The summed E-state index contributed by atoms with van der Waals surface area (Å²) in [6.07, 6.45) is 0. The second kappa shape index (κ2) is 7.60. The standard InChI is InChI=1S/C18H21NO2/c1-3-21-18(20)17-11-7-10-16(12-17)14(2)19-13-15-8-5-4-6-9-15/h4-12,14,19H,3,13H2,1-2H3/t14-/m0/s1. The van der Waals surface area contributed by atoms with E-state index < -0.39 is 0 Å². The van der Waals surface area contributed by atoms with E-state index in [9.17, 15) is 4.79 Å². The van der Waals surface area contributed by atoms with Crippen molar-refractivity contribution in [1.82, 2.24) is 5.32 Å². The van der Waals surface area contributed by atoms with Crippen LogP contribution in [0.4, 0.5) is 0 Å². The lowest BCUT2D eigenvalue weighted by Gasteiger charge is -2.15. The summed E-state index contributed by atoms with van der Waals surface area (Å²) in [5.41, 5.74) is 2.92. The molecule has 0 heterocycles. The fourth-order valence-corrected chi connectivity index (χ4v) is 2.13. The molecule has 0 radical (unpaired) electrons. The number of esters is 1. The third kappa shape index (κ3) is 4.43. The summed E-state index contributed by atoms with van der Waals surface area (Å²) in [6, 6.07) is 18.0. The van der Waals surface area contributed by atoms with Crippen LogP contribution in [-0.2, 0) is 11.3 Å². The molecule has 2 aromatic rings. The summed E-state index contributed by atoms with van der Waals surface area (Å²) >= 11 is 0. The summed E-state index contributed by atoms with van der Waals surface area (Å²) in [5.74, 6) is -0.269. The van der Waals surface area contributed by atoms with Crippen molar-refractivity contribution in [2.24, 2.45) is 0 Å². The summed E-state index contributed by atoms with van der Waals surface area (Å²) < 4.78 is 5.03. The highest BCUT2D eigenvalue weighted by atomic mass is 16.5. The highest BCUT2D eigenvalue weighted by Gasteiger charge is 2.10. The summed E-state index contributed by atoms with van der Waals surface area (Å²) in [5, 5.41) is 3.46. The van der Waals surface area contributed by atoms with Crippen molar-refractivity contribution in [2.45, 2.75) is 26.4 Å². The molecule has 0 aromatic heterocycles. The van der Waals surface area contributed by atoms with Crippen molar-refractivity contribution in [3.05, 3.63) is 71.3 Å². The highest BCUT2D eigenvalue weighted by molar-refractivity contribution is 5.89. The van der Waals surface area contributed by atoms with Crippen LogP contribution in [0.1, 0.15) is 41.4 Å². The van der Waals surface area contributed by atoms with Crippen LogP contribution in [0.5, 0.6) is 0 Å². The number of carbonyl (C=O) groups is 1. The molecule has 0 aliphatic rings. The van der Waals surface area contributed by atoms with Crippen LogP contribution in [0.15, 0.2) is 54.6 Å². The van der Waals surface area contributed by atoms with E-state index in [1.54, 1.807) is 6.07 Å². The number of ether oxygens (including phenoxy) is 1. The Kier molecular flexibility index (Phi) is 5.52. The van der Waals surface area contributed by atoms with Gasteiger partial charge in [-0.2, -0.15) is 0 Å². The molecule has 0 fully saturated rings. The Morgan fingerprint density at radius 1 is 1.14 bits per heavy atom. The zero-order valence-corrected chi connectivity index (χ0v) is 12.5. The topological polar surface area (TPSA) is 38.3 Å². The van der Waals surface area contributed by atoms with Crippen LogP contribution in [0.2, 0.25) is 0 Å². The van der Waals surface area contributed by atoms with Gasteiger partial charge in [0.05, 0.1) is 12.2 Å². The molecular formula is C18H21NO2. The zero-order valence-electron chi connectivity index (χ0n) is 12.5. The molecule has 0 saturated heterocycles. The monoisotopic (exact) mass is 283 g/mol. The molecule has 1 atom stereocenters. The maximum absolute atomic E-state index is 11.8. The smallest absolute Gasteiger partial charge is 0.338 e. The van der Waals surface area contributed by atoms with Gasteiger partial charge in [0.15, 0.2) is 0 Å². The molecule has 3 nitrogen and oxygen atoms in total. The van der Waals surface area contributed by atoms with Crippen LogP contribution in [0.25, 0.3) is 0 Å². The normalized spacial score (nSPS) is 11.9. The first-order valence-corrected chi connectivity index (χ1v) is 7.25. The molecule has 2 rings (SSSR count). The van der Waals surface area contributed by atoms with Gasteiger partial charge >= 0.3 is 5.97 Å². The number of carbonyl (C=O) groups excluding carboxylic acids is 1. The fourth-order valence-electron chi connectivity index (χ4n) is 2.13. The average molecular weight is 283 g/mol. The van der Waals surface area contributed by atoms with Gasteiger partial charge in [0, 0.05) is 12.6 Å². The maximum Gasteiger partial charge on any atom is 0.338 e. The van der Waals surface area contributed by atoms with Gasteiger partial charge in [-0.05, 0) is 37.1 Å². The second-order valence-electron chi connectivity index (χ2n) is 4.93. The maximum atomic E-state index is 11.8. The minimum Gasteiger partial charge on any atom is -0.462 e. The van der Waals surface area contributed by atoms with Gasteiger partial charge in [-0.1, -0.05) is 42.5 Å². The number of hydrogen-bond donors (Lipinski definition) is 1. The van der Waals surface area contributed by atoms with E-state index in [0.717, 1.165) is 12.1 Å². The number of benzene rings is 2. The quantitative estimate of drug-likeness (QED) is 0.821. The van der Waals surface area contributed by atoms with Crippen LogP contribution >= 0.6 is 0 Å². The second-order valence-corrected chi connectivity index (χ2v) is 4.93. The van der Waals surface area contributed by atoms with E-state index in [1.807, 2.05) is 43.3 Å². The van der Waals surface area contributed by atoms with Crippen molar-refractivity contribution >= 4 is 5.97 Å². The van der Waals surface area contributed by atoms with E-state index in [4.69, 9.17) is 4.74 Å². The van der Waals surface area contributed by atoms with E-state index in [2.05, 4.69) is 24.4 Å². The van der Waals surface area contributed by atoms with E-state index in [-0.39, 0.29) is 12.0 Å². The molecule has 110 valence electrons. The molecule has 0 aliphatic carbocycles. The molecule has 0 saturated carbocycles. The Morgan fingerprint density at radius 2 is 1.90 bits per heavy atom. The van der Waals surface area contributed by atoms with Crippen molar-refractivity contribution in [1.29, 1.82) is 0 Å². The zero-order chi connectivity index (χ0) is 15.1. The van der Waals surface area contributed by atoms with Gasteiger partial charge in [0.25, 0.3) is 0 Å². The number of rotatable bonds is 6. The summed E-state index contributed by atoms with van der Waals surface area (Å²) in [6.45, 7) is 5.09. The average Bonchev–Trinajstić information content (AvgIpc) is 2.54. The molecular weight excluding hydrogens is 262 g/mol. The largest absolute Gasteiger partial charge is 0.462 e. The first-order valence-electron chi connectivity index (χ1n) is 7.25.